The third kappa shape index (κ3) is 39.2. The van der Waals surface area contributed by atoms with E-state index in [0.717, 1.165) is 32.1 Å². The number of carbonyl (C=O) groups is 2. The Bertz CT molecular complexity index is 1000. The molecular weight excluding hydrogens is 679 g/mol. The summed E-state index contributed by atoms with van der Waals surface area (Å²) in [5, 5.41) is 9.99. The first-order chi connectivity index (χ1) is 25.2. The van der Waals surface area contributed by atoms with E-state index in [1.807, 2.05) is 36.5 Å². The van der Waals surface area contributed by atoms with Crippen LogP contribution in [0.15, 0.2) is 48.6 Å². The third-order valence-corrected chi connectivity index (χ3v) is 9.17. The number of esters is 2. The molecule has 302 valence electrons. The molecule has 0 aromatic rings. The highest BCUT2D eigenvalue weighted by Gasteiger charge is 2.22. The van der Waals surface area contributed by atoms with E-state index in [-0.39, 0.29) is 19.4 Å². The van der Waals surface area contributed by atoms with Gasteiger partial charge in [-0.2, -0.15) is 0 Å². The van der Waals surface area contributed by atoms with Crippen molar-refractivity contribution in [3.63, 3.8) is 0 Å². The van der Waals surface area contributed by atoms with Crippen LogP contribution in [0.3, 0.4) is 0 Å². The Morgan fingerprint density at radius 2 is 1.12 bits per heavy atom. The molecule has 9 nitrogen and oxygen atoms in total. The maximum Gasteiger partial charge on any atom is 0.469 e. The van der Waals surface area contributed by atoms with Gasteiger partial charge in [-0.3, -0.25) is 14.1 Å². The lowest BCUT2D eigenvalue weighted by atomic mass is 10.0. The van der Waals surface area contributed by atoms with Gasteiger partial charge in [0, 0.05) is 12.8 Å². The normalized spacial score (nSPS) is 13.6. The first kappa shape index (κ1) is 50.0. The Balaban J connectivity index is 4.08. The molecule has 0 aliphatic carbocycles. The van der Waals surface area contributed by atoms with Crippen LogP contribution in [0.25, 0.3) is 0 Å². The van der Waals surface area contributed by atoms with Gasteiger partial charge < -0.3 is 24.4 Å². The Morgan fingerprint density at radius 1 is 0.596 bits per heavy atom. The molecule has 10 heteroatoms. The van der Waals surface area contributed by atoms with Gasteiger partial charge in [-0.05, 0) is 44.9 Å². The summed E-state index contributed by atoms with van der Waals surface area (Å²) in [6, 6.07) is 0. The van der Waals surface area contributed by atoms with Crippen molar-refractivity contribution in [2.45, 2.75) is 193 Å². The van der Waals surface area contributed by atoms with Crippen LogP contribution < -0.4 is 0 Å². The zero-order valence-corrected chi connectivity index (χ0v) is 33.7. The Labute approximate surface area is 317 Å². The van der Waals surface area contributed by atoms with E-state index in [1.54, 1.807) is 6.08 Å². The molecule has 0 unspecified atom stereocenters. The molecule has 0 radical (unpaired) electrons. The van der Waals surface area contributed by atoms with Gasteiger partial charge in [-0.15, -0.1) is 0 Å². The number of carbonyl (C=O) groups excluding carboxylic acids is 2. The first-order valence-electron chi connectivity index (χ1n) is 20.5. The van der Waals surface area contributed by atoms with E-state index in [9.17, 15) is 19.3 Å². The van der Waals surface area contributed by atoms with E-state index >= 15 is 0 Å². The summed E-state index contributed by atoms with van der Waals surface area (Å²) >= 11 is 0. The van der Waals surface area contributed by atoms with Gasteiger partial charge in [0.2, 0.25) is 0 Å². The van der Waals surface area contributed by atoms with Gasteiger partial charge >= 0.3 is 19.8 Å². The molecular formula is C42H75O9P. The van der Waals surface area contributed by atoms with Gasteiger partial charge in [-0.25, -0.2) is 4.57 Å². The van der Waals surface area contributed by atoms with Gasteiger partial charge in [0.15, 0.2) is 6.10 Å². The van der Waals surface area contributed by atoms with E-state index in [4.69, 9.17) is 19.3 Å². The molecule has 52 heavy (non-hydrogen) atoms. The minimum absolute atomic E-state index is 0.105. The second-order valence-corrected chi connectivity index (χ2v) is 15.1. The van der Waals surface area contributed by atoms with Crippen LogP contribution in [0.2, 0.25) is 0 Å². The number of aliphatic hydroxyl groups is 1. The number of phosphoric ester groups is 1. The average Bonchev–Trinajstić information content (AvgIpc) is 3.11. The van der Waals surface area contributed by atoms with Gasteiger partial charge in [0.1, 0.15) is 6.61 Å². The summed E-state index contributed by atoms with van der Waals surface area (Å²) in [5.41, 5.74) is 0. The van der Waals surface area contributed by atoms with Crippen molar-refractivity contribution in [2.75, 3.05) is 13.2 Å². The smallest absolute Gasteiger partial charge is 0.462 e. The van der Waals surface area contributed by atoms with Crippen molar-refractivity contribution >= 4 is 19.8 Å². The summed E-state index contributed by atoms with van der Waals surface area (Å²) in [6.45, 7) is 3.54. The minimum atomic E-state index is -4.78. The van der Waals surface area contributed by atoms with Crippen LogP contribution in [0.1, 0.15) is 181 Å². The molecule has 0 spiro atoms. The number of allylic oxidation sites excluding steroid dienone is 6. The Hall–Kier alpha value is -2.03. The molecule has 0 bridgehead atoms. The highest BCUT2D eigenvalue weighted by Crippen LogP contribution is 2.36. The molecule has 0 fully saturated rings. The van der Waals surface area contributed by atoms with Crippen molar-refractivity contribution in [3.05, 3.63) is 48.6 Å². The summed E-state index contributed by atoms with van der Waals surface area (Å²) in [7, 11) is -4.78. The lowest BCUT2D eigenvalue weighted by Gasteiger charge is -2.18. The maximum absolute atomic E-state index is 12.4. The second kappa shape index (κ2) is 37.3. The minimum Gasteiger partial charge on any atom is -0.462 e. The predicted molar refractivity (Wildman–Crippen MR) is 213 cm³/mol. The fourth-order valence-electron chi connectivity index (χ4n) is 5.57. The standard InChI is InChI=1S/C42H75O9P/c1-3-5-7-9-11-12-13-14-15-16-17-18-19-23-27-31-35-41(44)49-37-40(38-50-52(46,47)48)51-42(45)36-32-28-24-21-20-22-26-30-34-39(43)33-29-25-10-8-6-4-2/h21-22,24-26,29-30,34,39-40,43H,3-20,23,27-28,31-33,35-38H2,1-2H3,(H2,46,47,48)/b24-21-,26-22-,29-25-,34-30+/t39-,40+/m0/s1. The number of unbranched alkanes of at least 4 members (excludes halogenated alkanes) is 19. The molecule has 0 saturated carbocycles. The molecule has 0 aromatic carbocycles. The number of phosphoric acid groups is 1. The van der Waals surface area contributed by atoms with Crippen molar-refractivity contribution in [2.24, 2.45) is 0 Å². The van der Waals surface area contributed by atoms with E-state index in [2.05, 4.69) is 24.4 Å². The number of ether oxygens (including phenoxy) is 2. The van der Waals surface area contributed by atoms with Crippen LogP contribution in [-0.4, -0.2) is 52.3 Å². The highest BCUT2D eigenvalue weighted by molar-refractivity contribution is 7.46. The zero-order chi connectivity index (χ0) is 38.4. The number of rotatable bonds is 37. The monoisotopic (exact) mass is 755 g/mol. The highest BCUT2D eigenvalue weighted by atomic mass is 31.2. The third-order valence-electron chi connectivity index (χ3n) is 8.68. The fourth-order valence-corrected chi connectivity index (χ4v) is 5.93. The van der Waals surface area contributed by atoms with E-state index in [1.165, 1.54) is 96.3 Å². The van der Waals surface area contributed by atoms with Crippen molar-refractivity contribution in [1.29, 1.82) is 0 Å². The van der Waals surface area contributed by atoms with Crippen LogP contribution in [0, 0.1) is 0 Å². The van der Waals surface area contributed by atoms with Gasteiger partial charge in [0.25, 0.3) is 0 Å². The molecule has 0 aliphatic rings. The van der Waals surface area contributed by atoms with Gasteiger partial charge in [-0.1, -0.05) is 172 Å². The quantitative estimate of drug-likeness (QED) is 0.0186. The second-order valence-electron chi connectivity index (χ2n) is 13.8. The maximum atomic E-state index is 12.4. The van der Waals surface area contributed by atoms with Crippen LogP contribution in [0.5, 0.6) is 0 Å². The largest absolute Gasteiger partial charge is 0.469 e. The zero-order valence-electron chi connectivity index (χ0n) is 32.8. The molecule has 2 atom stereocenters. The summed E-state index contributed by atoms with van der Waals surface area (Å²) in [4.78, 5) is 42.8. The number of aliphatic hydroxyl groups excluding tert-OH is 1. The summed E-state index contributed by atoms with van der Waals surface area (Å²) in [6.07, 6.45) is 41.5. The molecule has 0 amide bonds. The van der Waals surface area contributed by atoms with Crippen molar-refractivity contribution < 1.29 is 43.0 Å². The average molecular weight is 755 g/mol. The van der Waals surface area contributed by atoms with Crippen LogP contribution >= 0.6 is 7.82 Å². The van der Waals surface area contributed by atoms with Gasteiger partial charge in [0.05, 0.1) is 12.7 Å². The number of hydrogen-bond acceptors (Lipinski definition) is 7. The van der Waals surface area contributed by atoms with Crippen LogP contribution in [-0.2, 0) is 28.2 Å². The topological polar surface area (TPSA) is 140 Å². The first-order valence-corrected chi connectivity index (χ1v) is 22.1. The van der Waals surface area contributed by atoms with Crippen LogP contribution in [0.4, 0.5) is 0 Å². The van der Waals surface area contributed by atoms with Crippen molar-refractivity contribution in [3.8, 4) is 0 Å². The predicted octanol–water partition coefficient (Wildman–Crippen LogP) is 11.3. The SMILES string of the molecule is CCCCC/C=C\C[C@H](O)/C=C/C=C\C/C=C\CCCC(=O)O[C@H](COC(=O)CCCCCCCCCCCCCCCCCC)COP(=O)(O)O. The summed E-state index contributed by atoms with van der Waals surface area (Å²) < 4.78 is 26.3. The summed E-state index contributed by atoms with van der Waals surface area (Å²) in [5.74, 6) is -0.986. The van der Waals surface area contributed by atoms with E-state index in [0.29, 0.717) is 25.7 Å². The molecule has 3 N–H and O–H groups in total. The molecule has 0 saturated heterocycles. The lowest BCUT2D eigenvalue weighted by Crippen LogP contribution is -2.29. The molecule has 0 heterocycles. The Kier molecular flexibility index (Phi) is 35.8. The molecule has 0 aliphatic heterocycles. The number of hydrogen-bond donors (Lipinski definition) is 3. The van der Waals surface area contributed by atoms with Crippen molar-refractivity contribution in [1.82, 2.24) is 0 Å². The Morgan fingerprint density at radius 3 is 1.71 bits per heavy atom. The molecule has 0 rings (SSSR count). The van der Waals surface area contributed by atoms with E-state index < -0.39 is 38.6 Å². The fraction of sp³-hybridized carbons (Fsp3) is 0.762. The lowest BCUT2D eigenvalue weighted by molar-refractivity contribution is -0.161. The molecule has 0 aromatic heterocycles.